The number of halogens is 1. The maximum Gasteiger partial charge on any atom is 0.0124 e. The van der Waals surface area contributed by atoms with Crippen molar-refractivity contribution in [2.45, 2.75) is 57.9 Å². The molecule has 1 nitrogen and oxygen atoms in total. The lowest BCUT2D eigenvalue weighted by molar-refractivity contribution is 0.173. The van der Waals surface area contributed by atoms with Crippen LogP contribution in [-0.2, 0) is 0 Å². The lowest BCUT2D eigenvalue weighted by Crippen LogP contribution is -2.35. The normalized spacial score (nSPS) is 32.6. The quantitative estimate of drug-likeness (QED) is 0.689. The first-order chi connectivity index (χ1) is 7.81. The molecule has 94 valence electrons. The third-order valence-corrected chi connectivity index (χ3v) is 5.09. The molecule has 3 unspecified atom stereocenters. The minimum absolute atomic E-state index is 0.891. The van der Waals surface area contributed by atoms with E-state index >= 15 is 0 Å². The van der Waals surface area contributed by atoms with Gasteiger partial charge in [-0.25, -0.2) is 0 Å². The van der Waals surface area contributed by atoms with E-state index in [2.05, 4.69) is 27.8 Å². The summed E-state index contributed by atoms with van der Waals surface area (Å²) in [4.78, 5) is 2.80. The molecule has 2 aliphatic rings. The first-order valence-corrected chi connectivity index (χ1v) is 8.23. The molecule has 2 fully saturated rings. The van der Waals surface area contributed by atoms with Crippen molar-refractivity contribution in [1.29, 1.82) is 0 Å². The number of hydrogen-bond donors (Lipinski definition) is 0. The first kappa shape index (κ1) is 12.9. The van der Waals surface area contributed by atoms with Gasteiger partial charge in [-0.2, -0.15) is 0 Å². The van der Waals surface area contributed by atoms with Crippen molar-refractivity contribution in [2.75, 3.05) is 18.4 Å². The van der Waals surface area contributed by atoms with Gasteiger partial charge in [0.2, 0.25) is 0 Å². The maximum absolute atomic E-state index is 3.55. The highest BCUT2D eigenvalue weighted by Gasteiger charge is 2.35. The van der Waals surface area contributed by atoms with Gasteiger partial charge in [-0.1, -0.05) is 35.7 Å². The van der Waals surface area contributed by atoms with Crippen LogP contribution in [0.25, 0.3) is 0 Å². The van der Waals surface area contributed by atoms with Crippen LogP contribution in [0.15, 0.2) is 0 Å². The van der Waals surface area contributed by atoms with Gasteiger partial charge in [0.15, 0.2) is 0 Å². The summed E-state index contributed by atoms with van der Waals surface area (Å²) < 4.78 is 0. The molecule has 1 saturated heterocycles. The predicted molar refractivity (Wildman–Crippen MR) is 74.1 cm³/mol. The van der Waals surface area contributed by atoms with Gasteiger partial charge in [-0.15, -0.1) is 0 Å². The molecule has 0 aromatic heterocycles. The minimum atomic E-state index is 0.891. The second-order valence-corrected chi connectivity index (χ2v) is 6.60. The van der Waals surface area contributed by atoms with Crippen molar-refractivity contribution < 1.29 is 0 Å². The van der Waals surface area contributed by atoms with Crippen LogP contribution in [0.2, 0.25) is 0 Å². The van der Waals surface area contributed by atoms with E-state index in [1.54, 1.807) is 0 Å². The highest BCUT2D eigenvalue weighted by Crippen LogP contribution is 2.36. The van der Waals surface area contributed by atoms with Gasteiger partial charge in [-0.05, 0) is 57.0 Å². The largest absolute Gasteiger partial charge is 0.300 e. The molecule has 0 aromatic carbocycles. The van der Waals surface area contributed by atoms with Gasteiger partial charge < -0.3 is 4.90 Å². The Kier molecular flexibility index (Phi) is 5.15. The summed E-state index contributed by atoms with van der Waals surface area (Å²) in [6.07, 6.45) is 10.2. The second kappa shape index (κ2) is 6.39. The van der Waals surface area contributed by atoms with Crippen molar-refractivity contribution in [2.24, 2.45) is 11.8 Å². The van der Waals surface area contributed by atoms with Crippen molar-refractivity contribution >= 4 is 15.9 Å². The van der Waals surface area contributed by atoms with Crippen LogP contribution in [0.3, 0.4) is 0 Å². The zero-order chi connectivity index (χ0) is 11.4. The molecule has 16 heavy (non-hydrogen) atoms. The van der Waals surface area contributed by atoms with Gasteiger partial charge in [0.1, 0.15) is 0 Å². The topological polar surface area (TPSA) is 3.24 Å². The fraction of sp³-hybridized carbons (Fsp3) is 1.00. The Bertz CT molecular complexity index is 207. The van der Waals surface area contributed by atoms with E-state index in [9.17, 15) is 0 Å². The van der Waals surface area contributed by atoms with Crippen molar-refractivity contribution in [3.05, 3.63) is 0 Å². The summed E-state index contributed by atoms with van der Waals surface area (Å²) in [5, 5.41) is 1.17. The zero-order valence-corrected chi connectivity index (χ0v) is 12.2. The first-order valence-electron chi connectivity index (χ1n) is 7.11. The summed E-state index contributed by atoms with van der Waals surface area (Å²) in [5.74, 6) is 1.95. The van der Waals surface area contributed by atoms with E-state index in [4.69, 9.17) is 0 Å². The number of likely N-dealkylation sites (tertiary alicyclic amines) is 1. The maximum atomic E-state index is 3.55. The van der Waals surface area contributed by atoms with Gasteiger partial charge >= 0.3 is 0 Å². The van der Waals surface area contributed by atoms with Gasteiger partial charge in [0.05, 0.1) is 0 Å². The molecule has 1 aliphatic carbocycles. The number of fused-ring (bicyclic) bond motifs is 1. The number of hydrogen-bond acceptors (Lipinski definition) is 1. The van der Waals surface area contributed by atoms with Crippen LogP contribution in [0.4, 0.5) is 0 Å². The molecule has 0 amide bonds. The molecular weight excluding hydrogens is 262 g/mol. The average Bonchev–Trinajstić information content (AvgIpc) is 2.70. The molecule has 1 heterocycles. The van der Waals surface area contributed by atoms with Gasteiger partial charge in [-0.3, -0.25) is 0 Å². The number of rotatable bonds is 5. The molecule has 1 aliphatic heterocycles. The summed E-state index contributed by atoms with van der Waals surface area (Å²) in [6, 6.07) is 0.963. The Morgan fingerprint density at radius 3 is 2.81 bits per heavy atom. The predicted octanol–water partition coefficient (Wildman–Crippen LogP) is 4.06. The molecular formula is C14H26BrN. The van der Waals surface area contributed by atoms with Gasteiger partial charge in [0.25, 0.3) is 0 Å². The molecule has 0 radical (unpaired) electrons. The SMILES string of the molecule is CC(CCBr)CCN1CCC2CCCCC21. The minimum Gasteiger partial charge on any atom is -0.300 e. The smallest absolute Gasteiger partial charge is 0.0124 e. The summed E-state index contributed by atoms with van der Waals surface area (Å²) >= 11 is 3.55. The zero-order valence-electron chi connectivity index (χ0n) is 10.6. The van der Waals surface area contributed by atoms with Crippen molar-refractivity contribution in [3.8, 4) is 0 Å². The van der Waals surface area contributed by atoms with Crippen LogP contribution in [0.5, 0.6) is 0 Å². The van der Waals surface area contributed by atoms with E-state index in [0.717, 1.165) is 17.9 Å². The van der Waals surface area contributed by atoms with E-state index < -0.39 is 0 Å². The Morgan fingerprint density at radius 1 is 1.19 bits per heavy atom. The second-order valence-electron chi connectivity index (χ2n) is 5.81. The van der Waals surface area contributed by atoms with E-state index in [-0.39, 0.29) is 0 Å². The van der Waals surface area contributed by atoms with E-state index in [0.29, 0.717) is 0 Å². The monoisotopic (exact) mass is 287 g/mol. The number of nitrogens with zero attached hydrogens (tertiary/aromatic N) is 1. The van der Waals surface area contributed by atoms with Crippen LogP contribution < -0.4 is 0 Å². The molecule has 2 rings (SSSR count). The lowest BCUT2D eigenvalue weighted by atomic mass is 9.85. The Hall–Kier alpha value is 0.440. The summed E-state index contributed by atoms with van der Waals surface area (Å²) in [6.45, 7) is 5.14. The Morgan fingerprint density at radius 2 is 2.00 bits per heavy atom. The van der Waals surface area contributed by atoms with Crippen LogP contribution in [0, 0.1) is 11.8 Å². The van der Waals surface area contributed by atoms with Crippen LogP contribution in [-0.4, -0.2) is 29.4 Å². The van der Waals surface area contributed by atoms with Crippen LogP contribution in [0.1, 0.15) is 51.9 Å². The fourth-order valence-electron chi connectivity index (χ4n) is 3.50. The standard InChI is InChI=1S/C14H26BrN/c1-12(6-9-15)7-10-16-11-8-13-4-2-3-5-14(13)16/h12-14H,2-11H2,1H3. The van der Waals surface area contributed by atoms with Gasteiger partial charge in [0, 0.05) is 11.4 Å². The van der Waals surface area contributed by atoms with E-state index in [1.807, 2.05) is 0 Å². The Balaban J connectivity index is 1.73. The van der Waals surface area contributed by atoms with Crippen LogP contribution >= 0.6 is 15.9 Å². The average molecular weight is 288 g/mol. The molecule has 3 atom stereocenters. The molecule has 2 heteroatoms. The molecule has 0 N–H and O–H groups in total. The molecule has 0 aromatic rings. The Labute approximate surface area is 109 Å². The molecule has 0 spiro atoms. The highest BCUT2D eigenvalue weighted by atomic mass is 79.9. The number of alkyl halides is 1. The molecule has 0 bridgehead atoms. The highest BCUT2D eigenvalue weighted by molar-refractivity contribution is 9.09. The summed E-state index contributed by atoms with van der Waals surface area (Å²) in [7, 11) is 0. The molecule has 1 saturated carbocycles. The van der Waals surface area contributed by atoms with Crippen molar-refractivity contribution in [1.82, 2.24) is 4.90 Å². The van der Waals surface area contributed by atoms with Crippen molar-refractivity contribution in [3.63, 3.8) is 0 Å². The third kappa shape index (κ3) is 3.22. The lowest BCUT2D eigenvalue weighted by Gasteiger charge is -2.32. The fourth-order valence-corrected chi connectivity index (χ4v) is 4.28. The van der Waals surface area contributed by atoms with E-state index in [1.165, 1.54) is 63.4 Å². The summed E-state index contributed by atoms with van der Waals surface area (Å²) in [5.41, 5.74) is 0. The third-order valence-electron chi connectivity index (χ3n) is 4.64.